The van der Waals surface area contributed by atoms with E-state index in [-0.39, 0.29) is 17.3 Å². The summed E-state index contributed by atoms with van der Waals surface area (Å²) < 4.78 is 28.8. The van der Waals surface area contributed by atoms with Gasteiger partial charge in [-0.25, -0.2) is 18.4 Å². The van der Waals surface area contributed by atoms with Gasteiger partial charge in [0.1, 0.15) is 11.6 Å². The summed E-state index contributed by atoms with van der Waals surface area (Å²) in [6.45, 7) is 1.76. The SMILES string of the molecule is Cc1ccc(NC(=O)c2nc(-c3cccs3)n(-c3ccc(F)cc3)n2)c(F)c1. The maximum absolute atomic E-state index is 14.0. The normalized spacial score (nSPS) is 10.8. The number of anilines is 1. The molecule has 0 radical (unpaired) electrons. The van der Waals surface area contributed by atoms with Crippen molar-refractivity contribution in [2.75, 3.05) is 5.32 Å². The zero-order valence-electron chi connectivity index (χ0n) is 14.7. The van der Waals surface area contributed by atoms with E-state index in [1.807, 2.05) is 17.5 Å². The van der Waals surface area contributed by atoms with Crippen molar-refractivity contribution in [3.8, 4) is 16.4 Å². The van der Waals surface area contributed by atoms with E-state index in [1.165, 1.54) is 40.3 Å². The molecule has 0 aliphatic heterocycles. The van der Waals surface area contributed by atoms with Crippen molar-refractivity contribution in [1.82, 2.24) is 14.8 Å². The standard InChI is InChI=1S/C20H14F2N4OS/c1-12-4-9-16(15(22)11-12)23-20(27)18-24-19(17-3-2-10-28-17)26(25-18)14-7-5-13(21)6-8-14/h2-11H,1H3,(H,23,27). The topological polar surface area (TPSA) is 59.8 Å². The Kier molecular flexibility index (Phi) is 4.70. The van der Waals surface area contributed by atoms with Gasteiger partial charge >= 0.3 is 0 Å². The van der Waals surface area contributed by atoms with Crippen molar-refractivity contribution in [3.05, 3.63) is 83.0 Å². The highest BCUT2D eigenvalue weighted by Gasteiger charge is 2.20. The van der Waals surface area contributed by atoms with Gasteiger partial charge in [-0.3, -0.25) is 4.79 Å². The van der Waals surface area contributed by atoms with Gasteiger partial charge in [-0.15, -0.1) is 16.4 Å². The summed E-state index contributed by atoms with van der Waals surface area (Å²) in [6.07, 6.45) is 0. The summed E-state index contributed by atoms with van der Waals surface area (Å²) in [5, 5.41) is 8.63. The van der Waals surface area contributed by atoms with Crippen LogP contribution in [-0.2, 0) is 0 Å². The number of benzene rings is 2. The van der Waals surface area contributed by atoms with Crippen LogP contribution in [-0.4, -0.2) is 20.7 Å². The Morgan fingerprint density at radius 1 is 1.11 bits per heavy atom. The van der Waals surface area contributed by atoms with E-state index in [0.717, 1.165) is 10.4 Å². The smallest absolute Gasteiger partial charge is 0.295 e. The number of nitrogens with zero attached hydrogens (tertiary/aromatic N) is 3. The van der Waals surface area contributed by atoms with Crippen molar-refractivity contribution in [1.29, 1.82) is 0 Å². The van der Waals surface area contributed by atoms with Gasteiger partial charge in [0.05, 0.1) is 16.3 Å². The second kappa shape index (κ2) is 7.32. The molecular formula is C20H14F2N4OS. The average molecular weight is 396 g/mol. The summed E-state index contributed by atoms with van der Waals surface area (Å²) in [5.41, 5.74) is 1.35. The molecule has 0 aliphatic carbocycles. The molecule has 0 saturated carbocycles. The number of aryl methyl sites for hydroxylation is 1. The second-order valence-corrected chi connectivity index (χ2v) is 7.01. The van der Waals surface area contributed by atoms with Gasteiger partial charge in [0.2, 0.25) is 5.82 Å². The molecule has 28 heavy (non-hydrogen) atoms. The Morgan fingerprint density at radius 3 is 2.57 bits per heavy atom. The molecule has 140 valence electrons. The number of hydrogen-bond acceptors (Lipinski definition) is 4. The summed E-state index contributed by atoms with van der Waals surface area (Å²) in [5.74, 6) is -1.23. The molecule has 0 atom stereocenters. The van der Waals surface area contributed by atoms with E-state index in [9.17, 15) is 13.6 Å². The number of carbonyl (C=O) groups excluding carboxylic acids is 1. The third-order valence-electron chi connectivity index (χ3n) is 4.00. The van der Waals surface area contributed by atoms with Crippen LogP contribution in [0.1, 0.15) is 16.2 Å². The molecule has 0 spiro atoms. The minimum absolute atomic E-state index is 0.0476. The minimum atomic E-state index is -0.638. The molecule has 0 saturated heterocycles. The van der Waals surface area contributed by atoms with Crippen LogP contribution in [0.15, 0.2) is 60.0 Å². The number of thiophene rings is 1. The fraction of sp³-hybridized carbons (Fsp3) is 0.0500. The van der Waals surface area contributed by atoms with Crippen LogP contribution in [0.2, 0.25) is 0 Å². The molecule has 5 nitrogen and oxygen atoms in total. The maximum atomic E-state index is 14.0. The second-order valence-electron chi connectivity index (χ2n) is 6.06. The number of halogens is 2. The van der Waals surface area contributed by atoms with E-state index in [0.29, 0.717) is 11.5 Å². The first-order chi connectivity index (χ1) is 13.5. The van der Waals surface area contributed by atoms with Gasteiger partial charge in [0.25, 0.3) is 5.91 Å². The van der Waals surface area contributed by atoms with Gasteiger partial charge in [-0.1, -0.05) is 12.1 Å². The fourth-order valence-corrected chi connectivity index (χ4v) is 3.33. The van der Waals surface area contributed by atoms with E-state index in [1.54, 1.807) is 25.1 Å². The van der Waals surface area contributed by atoms with Crippen LogP contribution in [0.3, 0.4) is 0 Å². The molecule has 2 aromatic heterocycles. The lowest BCUT2D eigenvalue weighted by Gasteiger charge is -2.05. The van der Waals surface area contributed by atoms with Gasteiger partial charge < -0.3 is 5.32 Å². The molecule has 1 N–H and O–H groups in total. The fourth-order valence-electron chi connectivity index (χ4n) is 2.64. The largest absolute Gasteiger partial charge is 0.317 e. The monoisotopic (exact) mass is 396 g/mol. The molecule has 1 amide bonds. The molecule has 8 heteroatoms. The van der Waals surface area contributed by atoms with Crippen molar-refractivity contribution >= 4 is 22.9 Å². The minimum Gasteiger partial charge on any atom is -0.317 e. The van der Waals surface area contributed by atoms with Crippen LogP contribution in [0.4, 0.5) is 14.5 Å². The Balaban J connectivity index is 1.72. The van der Waals surface area contributed by atoms with Gasteiger partial charge in [0.15, 0.2) is 5.82 Å². The summed E-state index contributed by atoms with van der Waals surface area (Å²) in [6, 6.07) is 13.9. The Labute approximate surface area is 163 Å². The average Bonchev–Trinajstić information content (AvgIpc) is 3.34. The Hall–Kier alpha value is -3.39. The third-order valence-corrected chi connectivity index (χ3v) is 4.86. The van der Waals surface area contributed by atoms with E-state index in [4.69, 9.17) is 0 Å². The molecule has 4 rings (SSSR count). The summed E-state index contributed by atoms with van der Waals surface area (Å²) >= 11 is 1.43. The first-order valence-corrected chi connectivity index (χ1v) is 9.23. The van der Waals surface area contributed by atoms with Crippen molar-refractivity contribution in [3.63, 3.8) is 0 Å². The lowest BCUT2D eigenvalue weighted by molar-refractivity contribution is 0.101. The van der Waals surface area contributed by atoms with Crippen LogP contribution >= 0.6 is 11.3 Å². The van der Waals surface area contributed by atoms with E-state index < -0.39 is 11.7 Å². The molecule has 4 aromatic rings. The predicted octanol–water partition coefficient (Wildman–Crippen LogP) is 4.83. The lowest BCUT2D eigenvalue weighted by Crippen LogP contribution is -2.15. The maximum Gasteiger partial charge on any atom is 0.295 e. The van der Waals surface area contributed by atoms with Crippen molar-refractivity contribution in [2.24, 2.45) is 0 Å². The Bertz CT molecular complexity index is 1140. The summed E-state index contributed by atoms with van der Waals surface area (Å²) in [7, 11) is 0. The van der Waals surface area contributed by atoms with Crippen LogP contribution in [0, 0.1) is 18.6 Å². The highest BCUT2D eigenvalue weighted by atomic mass is 32.1. The van der Waals surface area contributed by atoms with E-state index in [2.05, 4.69) is 15.4 Å². The molecule has 2 heterocycles. The zero-order valence-corrected chi connectivity index (χ0v) is 15.5. The molecule has 2 aromatic carbocycles. The van der Waals surface area contributed by atoms with Crippen molar-refractivity contribution in [2.45, 2.75) is 6.92 Å². The zero-order chi connectivity index (χ0) is 19.7. The molecular weight excluding hydrogens is 382 g/mol. The number of amides is 1. The highest BCUT2D eigenvalue weighted by Crippen LogP contribution is 2.26. The number of nitrogens with one attached hydrogen (secondary N) is 1. The van der Waals surface area contributed by atoms with Crippen molar-refractivity contribution < 1.29 is 13.6 Å². The van der Waals surface area contributed by atoms with E-state index >= 15 is 0 Å². The molecule has 0 unspecified atom stereocenters. The molecule has 0 bridgehead atoms. The quantitative estimate of drug-likeness (QED) is 0.537. The Morgan fingerprint density at radius 2 is 1.89 bits per heavy atom. The van der Waals surface area contributed by atoms with Crippen LogP contribution in [0.5, 0.6) is 0 Å². The first kappa shape index (κ1) is 18.0. The lowest BCUT2D eigenvalue weighted by atomic mass is 10.2. The van der Waals surface area contributed by atoms with Crippen LogP contribution < -0.4 is 5.32 Å². The molecule has 0 fully saturated rings. The number of aromatic nitrogens is 3. The van der Waals surface area contributed by atoms with Gasteiger partial charge in [-0.2, -0.15) is 0 Å². The first-order valence-electron chi connectivity index (χ1n) is 8.35. The highest BCUT2D eigenvalue weighted by molar-refractivity contribution is 7.13. The number of hydrogen-bond donors (Lipinski definition) is 1. The number of rotatable bonds is 4. The van der Waals surface area contributed by atoms with Gasteiger partial charge in [-0.05, 0) is 60.3 Å². The summed E-state index contributed by atoms with van der Waals surface area (Å²) in [4.78, 5) is 17.7. The predicted molar refractivity (Wildman–Crippen MR) is 104 cm³/mol. The van der Waals surface area contributed by atoms with Gasteiger partial charge in [0, 0.05) is 0 Å². The third kappa shape index (κ3) is 3.54. The van der Waals surface area contributed by atoms with Crippen LogP contribution in [0.25, 0.3) is 16.4 Å². The molecule has 0 aliphatic rings. The number of carbonyl (C=O) groups is 1.